The minimum Gasteiger partial charge on any atom is -0.467 e. The van der Waals surface area contributed by atoms with Crippen LogP contribution in [0, 0.1) is 0 Å². The summed E-state index contributed by atoms with van der Waals surface area (Å²) in [5.74, 6) is -1.29. The van der Waals surface area contributed by atoms with Gasteiger partial charge >= 0.3 is 18.1 Å². The maximum absolute atomic E-state index is 13.0. The number of hydrogen-bond donors (Lipinski definition) is 2. The summed E-state index contributed by atoms with van der Waals surface area (Å²) in [6.45, 7) is 1.58. The van der Waals surface area contributed by atoms with Crippen LogP contribution in [0.15, 0.2) is 48.5 Å². The monoisotopic (exact) mass is 422 g/mol. The molecule has 2 unspecified atom stereocenters. The van der Waals surface area contributed by atoms with Gasteiger partial charge in [0.25, 0.3) is 0 Å². The number of esters is 2. The van der Waals surface area contributed by atoms with Gasteiger partial charge < -0.3 is 20.1 Å². The second-order valence-electron chi connectivity index (χ2n) is 7.27. The van der Waals surface area contributed by atoms with E-state index < -0.39 is 34.8 Å². The molecule has 2 aromatic carbocycles. The molecule has 0 saturated carbocycles. The Kier molecular flexibility index (Phi) is 5.40. The van der Waals surface area contributed by atoms with Crippen LogP contribution in [-0.4, -0.2) is 31.7 Å². The van der Waals surface area contributed by atoms with E-state index in [1.54, 1.807) is 31.2 Å². The minimum absolute atomic E-state index is 0.0998. The largest absolute Gasteiger partial charge is 0.467 e. The number of ether oxygens (including phenoxy) is 2. The Morgan fingerprint density at radius 2 is 1.60 bits per heavy atom. The molecule has 0 spiro atoms. The van der Waals surface area contributed by atoms with E-state index in [-0.39, 0.29) is 12.1 Å². The molecule has 30 heavy (non-hydrogen) atoms. The molecule has 2 N–H and O–H groups in total. The third kappa shape index (κ3) is 3.67. The van der Waals surface area contributed by atoms with Crippen molar-refractivity contribution in [1.82, 2.24) is 0 Å². The fourth-order valence-electron chi connectivity index (χ4n) is 3.79. The Hall–Kier alpha value is -3.23. The van der Waals surface area contributed by atoms with Crippen molar-refractivity contribution in [2.24, 2.45) is 0 Å². The van der Waals surface area contributed by atoms with Gasteiger partial charge in [0.1, 0.15) is 5.54 Å². The number of benzene rings is 2. The number of carbonyl (C=O) groups excluding carboxylic acids is 2. The molecule has 0 fully saturated rings. The zero-order valence-electron chi connectivity index (χ0n) is 16.6. The Labute approximate surface area is 171 Å². The lowest BCUT2D eigenvalue weighted by molar-refractivity contribution is -0.151. The van der Waals surface area contributed by atoms with E-state index in [9.17, 15) is 22.8 Å². The summed E-state index contributed by atoms with van der Waals surface area (Å²) in [6, 6.07) is 11.1. The summed E-state index contributed by atoms with van der Waals surface area (Å²) < 4.78 is 48.7. The van der Waals surface area contributed by atoms with Gasteiger partial charge in [0.2, 0.25) is 0 Å². The summed E-state index contributed by atoms with van der Waals surface area (Å²) in [7, 11) is 2.44. The molecule has 3 rings (SSSR count). The first-order valence-electron chi connectivity index (χ1n) is 9.06. The molecule has 0 radical (unpaired) electrons. The lowest BCUT2D eigenvalue weighted by Gasteiger charge is -2.45. The van der Waals surface area contributed by atoms with Crippen molar-refractivity contribution in [3.63, 3.8) is 0 Å². The van der Waals surface area contributed by atoms with Gasteiger partial charge in [-0.05, 0) is 37.3 Å². The van der Waals surface area contributed by atoms with Crippen LogP contribution in [0.1, 0.15) is 24.5 Å². The fourth-order valence-corrected chi connectivity index (χ4v) is 3.79. The molecule has 0 saturated heterocycles. The van der Waals surface area contributed by atoms with E-state index in [1.165, 1.54) is 26.4 Å². The fraction of sp³-hybridized carbons (Fsp3) is 0.333. The first kappa shape index (κ1) is 21.5. The van der Waals surface area contributed by atoms with E-state index in [2.05, 4.69) is 10.6 Å². The van der Waals surface area contributed by atoms with Gasteiger partial charge in [0.05, 0.1) is 19.8 Å². The number of halogens is 3. The number of anilines is 2. The molecule has 2 atom stereocenters. The zero-order chi connectivity index (χ0) is 22.2. The van der Waals surface area contributed by atoms with Crippen molar-refractivity contribution >= 4 is 23.3 Å². The summed E-state index contributed by atoms with van der Waals surface area (Å²) in [6.07, 6.45) is -4.58. The molecule has 2 aromatic rings. The number of methoxy groups -OCH3 is 2. The highest BCUT2D eigenvalue weighted by molar-refractivity contribution is 5.94. The van der Waals surface area contributed by atoms with Crippen LogP contribution in [0.5, 0.6) is 0 Å². The van der Waals surface area contributed by atoms with Crippen LogP contribution >= 0.6 is 0 Å². The zero-order valence-corrected chi connectivity index (χ0v) is 16.6. The third-order valence-corrected chi connectivity index (χ3v) is 5.16. The second-order valence-corrected chi connectivity index (χ2v) is 7.27. The lowest BCUT2D eigenvalue weighted by atomic mass is 9.73. The first-order valence-corrected chi connectivity index (χ1v) is 9.06. The van der Waals surface area contributed by atoms with Crippen molar-refractivity contribution in [3.8, 4) is 0 Å². The molecule has 0 bridgehead atoms. The van der Waals surface area contributed by atoms with Gasteiger partial charge in [0, 0.05) is 23.4 Å². The average molecular weight is 422 g/mol. The molecular weight excluding hydrogens is 401 g/mol. The molecule has 6 nitrogen and oxygen atoms in total. The second kappa shape index (κ2) is 7.55. The summed E-state index contributed by atoms with van der Waals surface area (Å²) in [5, 5.41) is 6.13. The predicted octanol–water partition coefficient (Wildman–Crippen LogP) is 3.93. The Bertz CT molecular complexity index is 961. The minimum atomic E-state index is -4.48. The van der Waals surface area contributed by atoms with Crippen LogP contribution in [0.3, 0.4) is 0 Å². The Morgan fingerprint density at radius 1 is 1.00 bits per heavy atom. The number of carbonyl (C=O) groups is 2. The maximum Gasteiger partial charge on any atom is 0.416 e. The Balaban J connectivity index is 2.13. The number of rotatable bonds is 4. The molecule has 1 heterocycles. The van der Waals surface area contributed by atoms with Crippen LogP contribution in [0.25, 0.3) is 0 Å². The van der Waals surface area contributed by atoms with Crippen LogP contribution in [-0.2, 0) is 30.8 Å². The lowest BCUT2D eigenvalue weighted by Crippen LogP contribution is -2.59. The number of alkyl halides is 3. The summed E-state index contributed by atoms with van der Waals surface area (Å²) in [5.41, 5.74) is -2.39. The van der Waals surface area contributed by atoms with E-state index in [0.717, 1.165) is 12.1 Å². The van der Waals surface area contributed by atoms with E-state index >= 15 is 0 Å². The molecule has 0 aromatic heterocycles. The van der Waals surface area contributed by atoms with Gasteiger partial charge in [-0.15, -0.1) is 0 Å². The van der Waals surface area contributed by atoms with Crippen LogP contribution < -0.4 is 10.6 Å². The van der Waals surface area contributed by atoms with Crippen molar-refractivity contribution < 1.29 is 32.2 Å². The summed E-state index contributed by atoms with van der Waals surface area (Å²) >= 11 is 0. The van der Waals surface area contributed by atoms with Gasteiger partial charge in [-0.25, -0.2) is 9.59 Å². The highest BCUT2D eigenvalue weighted by Gasteiger charge is 2.55. The van der Waals surface area contributed by atoms with Crippen LogP contribution in [0.2, 0.25) is 0 Å². The predicted molar refractivity (Wildman–Crippen MR) is 104 cm³/mol. The molecule has 1 aliphatic rings. The van der Waals surface area contributed by atoms with Gasteiger partial charge in [-0.2, -0.15) is 13.2 Å². The standard InChI is InChI=1S/C21H21F3N2O4/c1-19(17(27)29-2)12-20(18(28)30-3,15-6-4-5-7-16(15)26-19)25-14-10-8-13(9-11-14)21(22,23)24/h4-11,25-26H,12H2,1-3H3. The Morgan fingerprint density at radius 3 is 2.17 bits per heavy atom. The normalized spacial score (nSPS) is 23.0. The molecule has 160 valence electrons. The highest BCUT2D eigenvalue weighted by atomic mass is 19.4. The summed E-state index contributed by atoms with van der Waals surface area (Å²) in [4.78, 5) is 25.6. The molecular formula is C21H21F3N2O4. The van der Waals surface area contributed by atoms with Crippen LogP contribution in [0.4, 0.5) is 24.5 Å². The SMILES string of the molecule is COC(=O)C1(C)CC(Nc2ccc(C(F)(F)F)cc2)(C(=O)OC)c2ccccc2N1. The van der Waals surface area contributed by atoms with Crippen molar-refractivity contribution in [1.29, 1.82) is 0 Å². The van der Waals surface area contributed by atoms with E-state index in [1.807, 2.05) is 0 Å². The topological polar surface area (TPSA) is 76.7 Å². The molecule has 0 aliphatic carbocycles. The first-order chi connectivity index (χ1) is 14.1. The number of nitrogens with one attached hydrogen (secondary N) is 2. The maximum atomic E-state index is 13.0. The van der Waals surface area contributed by atoms with Crippen molar-refractivity contribution in [3.05, 3.63) is 59.7 Å². The van der Waals surface area contributed by atoms with Gasteiger partial charge in [-0.1, -0.05) is 18.2 Å². The third-order valence-electron chi connectivity index (χ3n) is 5.16. The number of para-hydroxylation sites is 1. The van der Waals surface area contributed by atoms with Gasteiger partial charge in [-0.3, -0.25) is 0 Å². The van der Waals surface area contributed by atoms with Gasteiger partial charge in [0.15, 0.2) is 5.54 Å². The quantitative estimate of drug-likeness (QED) is 0.727. The highest BCUT2D eigenvalue weighted by Crippen LogP contribution is 2.45. The average Bonchev–Trinajstić information content (AvgIpc) is 2.72. The number of fused-ring (bicyclic) bond motifs is 1. The molecule has 0 amide bonds. The molecule has 1 aliphatic heterocycles. The number of hydrogen-bond acceptors (Lipinski definition) is 6. The van der Waals surface area contributed by atoms with E-state index in [4.69, 9.17) is 9.47 Å². The van der Waals surface area contributed by atoms with E-state index in [0.29, 0.717) is 11.3 Å². The van der Waals surface area contributed by atoms with Crippen molar-refractivity contribution in [2.45, 2.75) is 30.6 Å². The smallest absolute Gasteiger partial charge is 0.416 e. The van der Waals surface area contributed by atoms with Crippen molar-refractivity contribution in [2.75, 3.05) is 24.9 Å². The molecule has 9 heteroatoms.